The Hall–Kier alpha value is -0.940. The van der Waals surface area contributed by atoms with E-state index in [2.05, 4.69) is 0 Å². The van der Waals surface area contributed by atoms with E-state index in [-0.39, 0.29) is 16.7 Å². The number of hydrogen-bond donors (Lipinski definition) is 1. The first-order valence-electron chi connectivity index (χ1n) is 5.23. The molecule has 1 saturated carbocycles. The van der Waals surface area contributed by atoms with Crippen molar-refractivity contribution in [3.63, 3.8) is 0 Å². The number of benzene rings is 1. The lowest BCUT2D eigenvalue weighted by Crippen LogP contribution is -2.31. The van der Waals surface area contributed by atoms with Crippen molar-refractivity contribution < 1.29 is 12.8 Å². The van der Waals surface area contributed by atoms with Gasteiger partial charge in [-0.3, -0.25) is 0 Å². The second kappa shape index (κ2) is 4.14. The van der Waals surface area contributed by atoms with Gasteiger partial charge < -0.3 is 5.73 Å². The monoisotopic (exact) mass is 243 g/mol. The van der Waals surface area contributed by atoms with Crippen LogP contribution >= 0.6 is 0 Å². The zero-order valence-electron chi connectivity index (χ0n) is 8.77. The Kier molecular flexibility index (Phi) is 2.99. The molecule has 16 heavy (non-hydrogen) atoms. The smallest absolute Gasteiger partial charge is 0.179 e. The van der Waals surface area contributed by atoms with Crippen LogP contribution in [0.4, 0.5) is 4.39 Å². The van der Waals surface area contributed by atoms with Gasteiger partial charge in [0.2, 0.25) is 0 Å². The summed E-state index contributed by atoms with van der Waals surface area (Å²) in [5.41, 5.74) is 5.78. The lowest BCUT2D eigenvalue weighted by Gasteiger charge is -2.10. The van der Waals surface area contributed by atoms with Crippen molar-refractivity contribution in [1.29, 1.82) is 0 Å². The Morgan fingerprint density at radius 1 is 1.31 bits per heavy atom. The Morgan fingerprint density at radius 3 is 2.38 bits per heavy atom. The number of nitrogens with two attached hydrogens (primary N) is 1. The van der Waals surface area contributed by atoms with Crippen LogP contribution in [0.5, 0.6) is 0 Å². The van der Waals surface area contributed by atoms with Crippen LogP contribution in [0.15, 0.2) is 29.2 Å². The predicted molar refractivity (Wildman–Crippen MR) is 59.2 cm³/mol. The van der Waals surface area contributed by atoms with Crippen LogP contribution < -0.4 is 5.73 Å². The first kappa shape index (κ1) is 11.5. The minimum Gasteiger partial charge on any atom is -0.327 e. The molecule has 0 bridgehead atoms. The van der Waals surface area contributed by atoms with Gasteiger partial charge in [-0.25, -0.2) is 12.8 Å². The fourth-order valence-corrected chi connectivity index (χ4v) is 3.17. The van der Waals surface area contributed by atoms with E-state index < -0.39 is 15.7 Å². The summed E-state index contributed by atoms with van der Waals surface area (Å²) >= 11 is 0. The van der Waals surface area contributed by atoms with Gasteiger partial charge in [0.25, 0.3) is 0 Å². The van der Waals surface area contributed by atoms with Gasteiger partial charge in [0.15, 0.2) is 9.84 Å². The van der Waals surface area contributed by atoms with Gasteiger partial charge >= 0.3 is 0 Å². The fourth-order valence-electron chi connectivity index (χ4n) is 1.65. The molecule has 0 heterocycles. The lowest BCUT2D eigenvalue weighted by atomic mass is 10.2. The van der Waals surface area contributed by atoms with Crippen LogP contribution in [0.3, 0.4) is 0 Å². The Labute approximate surface area is 94.4 Å². The SMILES string of the molecule is NC(CS(=O)(=O)c1ccc(F)cc1)C1CC1. The number of rotatable bonds is 4. The molecule has 5 heteroatoms. The van der Waals surface area contributed by atoms with Crippen molar-refractivity contribution in [2.24, 2.45) is 11.7 Å². The van der Waals surface area contributed by atoms with E-state index in [0.29, 0.717) is 5.92 Å². The number of sulfone groups is 1. The van der Waals surface area contributed by atoms with Crippen LogP contribution in [-0.4, -0.2) is 20.2 Å². The minimum absolute atomic E-state index is 0.0523. The van der Waals surface area contributed by atoms with Crippen molar-refractivity contribution in [2.45, 2.75) is 23.8 Å². The second-order valence-corrected chi connectivity index (χ2v) is 6.27. The molecule has 0 spiro atoms. The quantitative estimate of drug-likeness (QED) is 0.812. The van der Waals surface area contributed by atoms with Crippen molar-refractivity contribution in [3.8, 4) is 0 Å². The average molecular weight is 243 g/mol. The highest BCUT2D eigenvalue weighted by Gasteiger charge is 2.32. The van der Waals surface area contributed by atoms with E-state index in [0.717, 1.165) is 25.0 Å². The van der Waals surface area contributed by atoms with Crippen LogP contribution in [0.1, 0.15) is 12.8 Å². The zero-order valence-corrected chi connectivity index (χ0v) is 9.58. The van der Waals surface area contributed by atoms with Crippen molar-refractivity contribution >= 4 is 9.84 Å². The number of hydrogen-bond acceptors (Lipinski definition) is 3. The molecule has 2 rings (SSSR count). The molecule has 1 aliphatic carbocycles. The van der Waals surface area contributed by atoms with E-state index >= 15 is 0 Å². The summed E-state index contributed by atoms with van der Waals surface area (Å²) in [7, 11) is -3.37. The maximum Gasteiger partial charge on any atom is 0.179 e. The van der Waals surface area contributed by atoms with E-state index in [4.69, 9.17) is 5.73 Å². The largest absolute Gasteiger partial charge is 0.327 e. The Morgan fingerprint density at radius 2 is 1.88 bits per heavy atom. The van der Waals surface area contributed by atoms with Crippen molar-refractivity contribution in [2.75, 3.05) is 5.75 Å². The molecule has 3 nitrogen and oxygen atoms in total. The minimum atomic E-state index is -3.37. The number of halogens is 1. The van der Waals surface area contributed by atoms with E-state index in [9.17, 15) is 12.8 Å². The van der Waals surface area contributed by atoms with E-state index in [1.807, 2.05) is 0 Å². The molecule has 88 valence electrons. The molecule has 0 radical (unpaired) electrons. The van der Waals surface area contributed by atoms with Gasteiger partial charge in [0.05, 0.1) is 10.6 Å². The lowest BCUT2D eigenvalue weighted by molar-refractivity contribution is 0.573. The summed E-state index contributed by atoms with van der Waals surface area (Å²) in [5, 5.41) is 0. The molecule has 1 fully saturated rings. The van der Waals surface area contributed by atoms with Gasteiger partial charge in [-0.2, -0.15) is 0 Å². The molecule has 1 unspecified atom stereocenters. The summed E-state index contributed by atoms with van der Waals surface area (Å²) in [4.78, 5) is 0.144. The standard InChI is InChI=1S/C11H14FNO2S/c12-9-3-5-10(6-4-9)16(14,15)7-11(13)8-1-2-8/h3-6,8,11H,1-2,7,13H2. The van der Waals surface area contributed by atoms with Crippen LogP contribution in [0.2, 0.25) is 0 Å². The third-order valence-corrected chi connectivity index (χ3v) is 4.63. The maximum atomic E-state index is 12.7. The third kappa shape index (κ3) is 2.59. The van der Waals surface area contributed by atoms with E-state index in [1.165, 1.54) is 12.1 Å². The van der Waals surface area contributed by atoms with Crippen molar-refractivity contribution in [3.05, 3.63) is 30.1 Å². The second-order valence-electron chi connectivity index (χ2n) is 4.24. The Balaban J connectivity index is 2.14. The molecule has 1 aliphatic rings. The molecule has 0 amide bonds. The Bertz CT molecular complexity index is 465. The average Bonchev–Trinajstić information content (AvgIpc) is 3.00. The van der Waals surface area contributed by atoms with E-state index in [1.54, 1.807) is 0 Å². The van der Waals surface area contributed by atoms with Crippen LogP contribution in [-0.2, 0) is 9.84 Å². The summed E-state index contributed by atoms with van der Waals surface area (Å²) in [5.74, 6) is -0.149. The maximum absolute atomic E-state index is 12.7. The molecule has 1 aromatic carbocycles. The molecular weight excluding hydrogens is 229 g/mol. The molecule has 1 atom stereocenters. The molecule has 0 saturated heterocycles. The van der Waals surface area contributed by atoms with Crippen LogP contribution in [0, 0.1) is 11.7 Å². The topological polar surface area (TPSA) is 60.2 Å². The fraction of sp³-hybridized carbons (Fsp3) is 0.455. The summed E-state index contributed by atoms with van der Waals surface area (Å²) in [6.07, 6.45) is 2.03. The molecule has 0 aromatic heterocycles. The first-order chi connectivity index (χ1) is 7.49. The van der Waals surface area contributed by atoms with Gasteiger partial charge in [-0.15, -0.1) is 0 Å². The van der Waals surface area contributed by atoms with Gasteiger partial charge in [0.1, 0.15) is 5.82 Å². The normalized spacial score (nSPS) is 18.4. The molecule has 0 aliphatic heterocycles. The highest BCUT2D eigenvalue weighted by atomic mass is 32.2. The van der Waals surface area contributed by atoms with Crippen LogP contribution in [0.25, 0.3) is 0 Å². The first-order valence-corrected chi connectivity index (χ1v) is 6.88. The highest BCUT2D eigenvalue weighted by molar-refractivity contribution is 7.91. The summed E-state index contributed by atoms with van der Waals surface area (Å²) in [6.45, 7) is 0. The molecular formula is C11H14FNO2S. The van der Waals surface area contributed by atoms with Gasteiger partial charge in [-0.1, -0.05) is 0 Å². The van der Waals surface area contributed by atoms with Gasteiger partial charge in [0, 0.05) is 6.04 Å². The third-order valence-electron chi connectivity index (χ3n) is 2.81. The summed E-state index contributed by atoms with van der Waals surface area (Å²) < 4.78 is 36.4. The van der Waals surface area contributed by atoms with Gasteiger partial charge in [-0.05, 0) is 43.0 Å². The zero-order chi connectivity index (χ0) is 11.8. The summed E-state index contributed by atoms with van der Waals surface area (Å²) in [6, 6.07) is 4.56. The van der Waals surface area contributed by atoms with Crippen molar-refractivity contribution in [1.82, 2.24) is 0 Å². The highest BCUT2D eigenvalue weighted by Crippen LogP contribution is 2.32. The predicted octanol–water partition coefficient (Wildman–Crippen LogP) is 1.34. The molecule has 1 aromatic rings. The molecule has 2 N–H and O–H groups in total.